The maximum atomic E-state index is 12.7. The van der Waals surface area contributed by atoms with Gasteiger partial charge in [0.05, 0.1) is 17.7 Å². The summed E-state index contributed by atoms with van der Waals surface area (Å²) >= 11 is 0. The van der Waals surface area contributed by atoms with Gasteiger partial charge in [-0.1, -0.05) is 6.07 Å². The summed E-state index contributed by atoms with van der Waals surface area (Å²) in [7, 11) is 0. The van der Waals surface area contributed by atoms with Crippen molar-refractivity contribution in [1.29, 1.82) is 0 Å². The van der Waals surface area contributed by atoms with Gasteiger partial charge in [0.2, 0.25) is 0 Å². The molecule has 0 unspecified atom stereocenters. The van der Waals surface area contributed by atoms with E-state index in [2.05, 4.69) is 4.98 Å². The summed E-state index contributed by atoms with van der Waals surface area (Å²) in [6, 6.07) is 5.12. The predicted octanol–water partition coefficient (Wildman–Crippen LogP) is 2.30. The topological polar surface area (TPSA) is 76.5 Å². The fourth-order valence-electron chi connectivity index (χ4n) is 2.24. The van der Waals surface area contributed by atoms with Crippen molar-refractivity contribution in [3.05, 3.63) is 30.1 Å². The predicted molar refractivity (Wildman–Crippen MR) is 78.4 cm³/mol. The highest BCUT2D eigenvalue weighted by Crippen LogP contribution is 2.39. The largest absolute Gasteiger partial charge is 0.465 e. The highest BCUT2D eigenvalue weighted by atomic mass is 16.5. The quantitative estimate of drug-likeness (QED) is 0.643. The molecular formula is C16H23NO4. The first-order chi connectivity index (χ1) is 9.65. The van der Waals surface area contributed by atoms with Crippen molar-refractivity contribution in [1.82, 2.24) is 4.98 Å². The fraction of sp³-hybridized carbons (Fsp3) is 0.562. The molecule has 0 aliphatic carbocycles. The Hall–Kier alpha value is -1.75. The number of rotatable bonds is 6. The Morgan fingerprint density at radius 2 is 1.90 bits per heavy atom. The monoisotopic (exact) mass is 293 g/mol. The van der Waals surface area contributed by atoms with Crippen molar-refractivity contribution in [2.45, 2.75) is 40.7 Å². The van der Waals surface area contributed by atoms with Gasteiger partial charge in [-0.2, -0.15) is 0 Å². The van der Waals surface area contributed by atoms with Crippen molar-refractivity contribution >= 4 is 11.8 Å². The van der Waals surface area contributed by atoms with Gasteiger partial charge < -0.3 is 9.84 Å². The number of carbonyl (C=O) groups is 2. The van der Waals surface area contributed by atoms with E-state index in [0.29, 0.717) is 5.69 Å². The zero-order chi connectivity index (χ0) is 16.3. The van der Waals surface area contributed by atoms with E-state index >= 15 is 0 Å². The third kappa shape index (κ3) is 3.47. The number of Topliss-reactive ketones (excluding diaryl/α,β-unsaturated/α-hetero) is 1. The number of aromatic nitrogens is 1. The van der Waals surface area contributed by atoms with E-state index < -0.39 is 22.9 Å². The van der Waals surface area contributed by atoms with Gasteiger partial charge in [0.15, 0.2) is 5.78 Å². The molecule has 0 saturated heterocycles. The minimum absolute atomic E-state index is 0.207. The van der Waals surface area contributed by atoms with Gasteiger partial charge in [0.1, 0.15) is 11.5 Å². The van der Waals surface area contributed by atoms with Gasteiger partial charge in [-0.3, -0.25) is 14.6 Å². The molecule has 1 rings (SSSR count). The molecule has 1 aromatic rings. The Kier molecular flexibility index (Phi) is 5.23. The van der Waals surface area contributed by atoms with Gasteiger partial charge >= 0.3 is 5.97 Å². The fourth-order valence-corrected chi connectivity index (χ4v) is 2.24. The number of ketones is 1. The molecule has 0 bridgehead atoms. The summed E-state index contributed by atoms with van der Waals surface area (Å²) in [5.41, 5.74) is -2.09. The highest BCUT2D eigenvalue weighted by molar-refractivity contribution is 6.05. The first kappa shape index (κ1) is 17.3. The number of esters is 1. The Balaban J connectivity index is 3.06. The number of hydrogen-bond acceptors (Lipinski definition) is 5. The summed E-state index contributed by atoms with van der Waals surface area (Å²) in [5, 5.41) is 10.5. The van der Waals surface area contributed by atoms with E-state index in [4.69, 9.17) is 4.74 Å². The van der Waals surface area contributed by atoms with Crippen LogP contribution in [0.15, 0.2) is 24.4 Å². The van der Waals surface area contributed by atoms with E-state index in [1.54, 1.807) is 45.2 Å². The molecule has 1 atom stereocenters. The number of pyridine rings is 1. The number of carbonyl (C=O) groups excluding carboxylic acids is 2. The zero-order valence-corrected chi connectivity index (χ0v) is 13.2. The van der Waals surface area contributed by atoms with Crippen molar-refractivity contribution < 1.29 is 19.4 Å². The molecule has 0 saturated carbocycles. The number of ether oxygens (including phenoxy) is 1. The van der Waals surface area contributed by atoms with E-state index in [0.717, 1.165) is 0 Å². The van der Waals surface area contributed by atoms with Crippen LogP contribution in [-0.4, -0.2) is 28.4 Å². The highest BCUT2D eigenvalue weighted by Gasteiger charge is 2.49. The average Bonchev–Trinajstić information content (AvgIpc) is 2.46. The van der Waals surface area contributed by atoms with Crippen LogP contribution in [0.5, 0.6) is 0 Å². The van der Waals surface area contributed by atoms with Gasteiger partial charge in [-0.15, -0.1) is 0 Å². The third-order valence-electron chi connectivity index (χ3n) is 3.59. The van der Waals surface area contributed by atoms with Crippen LogP contribution in [0, 0.1) is 10.8 Å². The minimum Gasteiger partial charge on any atom is -0.465 e. The van der Waals surface area contributed by atoms with Crippen LogP contribution in [0.1, 0.15) is 46.4 Å². The Labute approximate surface area is 125 Å². The lowest BCUT2D eigenvalue weighted by Crippen LogP contribution is -2.45. The van der Waals surface area contributed by atoms with E-state index in [1.165, 1.54) is 13.8 Å². The molecule has 0 fully saturated rings. The maximum Gasteiger partial charge on any atom is 0.319 e. The second-order valence-corrected chi connectivity index (χ2v) is 6.05. The van der Waals surface area contributed by atoms with Crippen molar-refractivity contribution in [3.8, 4) is 0 Å². The molecule has 0 radical (unpaired) electrons. The molecule has 0 aromatic carbocycles. The molecule has 0 aliphatic heterocycles. The molecule has 1 N–H and O–H groups in total. The molecule has 5 nitrogen and oxygen atoms in total. The van der Waals surface area contributed by atoms with Gasteiger partial charge in [0.25, 0.3) is 0 Å². The smallest absolute Gasteiger partial charge is 0.319 e. The van der Waals surface area contributed by atoms with Crippen LogP contribution in [0.25, 0.3) is 0 Å². The molecular weight excluding hydrogens is 270 g/mol. The number of aliphatic hydroxyl groups excluding tert-OH is 1. The molecule has 116 valence electrons. The molecule has 5 heteroatoms. The van der Waals surface area contributed by atoms with Crippen LogP contribution in [0.4, 0.5) is 0 Å². The van der Waals surface area contributed by atoms with Crippen LogP contribution in [0.2, 0.25) is 0 Å². The van der Waals surface area contributed by atoms with Crippen molar-refractivity contribution in [3.63, 3.8) is 0 Å². The van der Waals surface area contributed by atoms with Crippen molar-refractivity contribution in [2.24, 2.45) is 10.8 Å². The summed E-state index contributed by atoms with van der Waals surface area (Å²) < 4.78 is 4.95. The normalized spacial score (nSPS) is 13.6. The summed E-state index contributed by atoms with van der Waals surface area (Å²) in [4.78, 5) is 28.8. The van der Waals surface area contributed by atoms with E-state index in [9.17, 15) is 14.7 Å². The second-order valence-electron chi connectivity index (χ2n) is 6.05. The van der Waals surface area contributed by atoms with Crippen LogP contribution >= 0.6 is 0 Å². The lowest BCUT2D eigenvalue weighted by atomic mass is 9.70. The molecule has 0 spiro atoms. The average molecular weight is 293 g/mol. The van der Waals surface area contributed by atoms with Crippen LogP contribution in [-0.2, 0) is 14.3 Å². The van der Waals surface area contributed by atoms with Gasteiger partial charge in [-0.05, 0) is 46.8 Å². The SMILES string of the molecule is CCOC(=O)C(C)(C)C(=O)C(C)(C)[C@H](O)c1ccccn1. The van der Waals surface area contributed by atoms with E-state index in [-0.39, 0.29) is 12.4 Å². The Morgan fingerprint density at radius 1 is 1.29 bits per heavy atom. The maximum absolute atomic E-state index is 12.7. The number of aliphatic hydroxyl groups is 1. The lowest BCUT2D eigenvalue weighted by Gasteiger charge is -2.34. The van der Waals surface area contributed by atoms with Crippen LogP contribution < -0.4 is 0 Å². The summed E-state index contributed by atoms with van der Waals surface area (Å²) in [6.07, 6.45) is 0.454. The van der Waals surface area contributed by atoms with Crippen LogP contribution in [0.3, 0.4) is 0 Å². The molecule has 1 aromatic heterocycles. The first-order valence-electron chi connectivity index (χ1n) is 6.96. The Morgan fingerprint density at radius 3 is 2.38 bits per heavy atom. The standard InChI is InChI=1S/C16H23NO4/c1-6-21-14(20)16(4,5)13(19)15(2,3)12(18)11-9-7-8-10-17-11/h7-10,12,18H,6H2,1-5H3/t12-/m1/s1. The first-order valence-corrected chi connectivity index (χ1v) is 6.96. The second kappa shape index (κ2) is 6.35. The van der Waals surface area contributed by atoms with Crippen molar-refractivity contribution in [2.75, 3.05) is 6.61 Å². The molecule has 0 aliphatic rings. The number of hydrogen-bond donors (Lipinski definition) is 1. The van der Waals surface area contributed by atoms with Gasteiger partial charge in [0, 0.05) is 6.20 Å². The van der Waals surface area contributed by atoms with Gasteiger partial charge in [-0.25, -0.2) is 0 Å². The number of nitrogens with zero attached hydrogens (tertiary/aromatic N) is 1. The molecule has 1 heterocycles. The summed E-state index contributed by atoms with van der Waals surface area (Å²) in [6.45, 7) is 8.14. The Bertz CT molecular complexity index is 508. The minimum atomic E-state index is -1.32. The zero-order valence-electron chi connectivity index (χ0n) is 13.2. The molecule has 0 amide bonds. The lowest BCUT2D eigenvalue weighted by molar-refractivity contribution is -0.163. The van der Waals surface area contributed by atoms with E-state index in [1.807, 2.05) is 0 Å². The third-order valence-corrected chi connectivity index (χ3v) is 3.59. The molecule has 21 heavy (non-hydrogen) atoms. The summed E-state index contributed by atoms with van der Waals surface area (Å²) in [5.74, 6) is -0.970.